The maximum absolute atomic E-state index is 11.7. The van der Waals surface area contributed by atoms with Crippen LogP contribution in [-0.2, 0) is 16.0 Å². The molecule has 1 unspecified atom stereocenters. The zero-order valence-electron chi connectivity index (χ0n) is 14.5. The lowest BCUT2D eigenvalue weighted by Crippen LogP contribution is -2.44. The molecule has 1 aromatic rings. The van der Waals surface area contributed by atoms with E-state index in [9.17, 15) is 14.7 Å². The minimum Gasteiger partial charge on any atom is -0.491 e. The molecule has 0 fully saturated rings. The van der Waals surface area contributed by atoms with Gasteiger partial charge in [-0.2, -0.15) is 0 Å². The molecule has 9 nitrogen and oxygen atoms in total. The van der Waals surface area contributed by atoms with Gasteiger partial charge in [0, 0.05) is 6.42 Å². The highest BCUT2D eigenvalue weighted by Crippen LogP contribution is 2.14. The van der Waals surface area contributed by atoms with Crippen LogP contribution in [0, 0.1) is 5.53 Å². The Morgan fingerprint density at radius 2 is 1.96 bits per heavy atom. The van der Waals surface area contributed by atoms with Gasteiger partial charge in [0.25, 0.3) is 0 Å². The number of hydrogen-bond acceptors (Lipinski definition) is 6. The summed E-state index contributed by atoms with van der Waals surface area (Å²) in [5.74, 6) is -0.553. The summed E-state index contributed by atoms with van der Waals surface area (Å²) >= 11 is 0. The van der Waals surface area contributed by atoms with E-state index in [1.54, 1.807) is 45.0 Å². The molecule has 1 aromatic carbocycles. The Bertz CT molecular complexity index is 633. The average Bonchev–Trinajstić information content (AvgIpc) is 2.50. The molecule has 25 heavy (non-hydrogen) atoms. The van der Waals surface area contributed by atoms with E-state index in [2.05, 4.69) is 15.3 Å². The summed E-state index contributed by atoms with van der Waals surface area (Å²) in [6.45, 7) is 5.68. The SMILES string of the molecule is CC(C)(C)OC(=O)NC(Cc1ccc(OCCN=[N+]=N)cc1)C(=O)O. The van der Waals surface area contributed by atoms with Gasteiger partial charge in [-0.3, -0.25) is 0 Å². The standard InChI is InChI=1S/C16H22N4O5/c1-16(2,3)25-15(23)19-13(14(21)22)10-11-4-6-12(7-5-11)24-9-8-18-20-17/h4-7,13,17H,8-10H2,1-3H3,(H-,19,21,22,23)/p+1. The van der Waals surface area contributed by atoms with Gasteiger partial charge in [-0.25, -0.2) is 9.59 Å². The molecule has 0 aliphatic rings. The van der Waals surface area contributed by atoms with Crippen LogP contribution in [0.1, 0.15) is 26.3 Å². The predicted octanol–water partition coefficient (Wildman–Crippen LogP) is 2.14. The third-order valence-electron chi connectivity index (χ3n) is 2.88. The zero-order valence-corrected chi connectivity index (χ0v) is 14.5. The van der Waals surface area contributed by atoms with Crippen molar-refractivity contribution in [1.82, 2.24) is 10.2 Å². The van der Waals surface area contributed by atoms with Gasteiger partial charge in [0.2, 0.25) is 4.91 Å². The van der Waals surface area contributed by atoms with Crippen LogP contribution >= 0.6 is 0 Å². The van der Waals surface area contributed by atoms with Gasteiger partial charge in [-0.05, 0) is 38.5 Å². The number of benzene rings is 1. The summed E-state index contributed by atoms with van der Waals surface area (Å²) in [5, 5.41) is 15.1. The van der Waals surface area contributed by atoms with Crippen molar-refractivity contribution < 1.29 is 24.2 Å². The number of nitrogens with one attached hydrogen (secondary N) is 2. The first-order valence-electron chi connectivity index (χ1n) is 7.68. The van der Waals surface area contributed by atoms with Crippen LogP contribution < -0.4 is 15.0 Å². The zero-order chi connectivity index (χ0) is 18.9. The highest BCUT2D eigenvalue weighted by atomic mass is 16.6. The quantitative estimate of drug-likeness (QED) is 0.374. The number of carbonyl (C=O) groups excluding carboxylic acids is 1. The first kappa shape index (κ1) is 20.1. The van der Waals surface area contributed by atoms with E-state index in [0.717, 1.165) is 5.56 Å². The molecule has 0 spiro atoms. The van der Waals surface area contributed by atoms with Crippen LogP contribution in [0.25, 0.3) is 0 Å². The van der Waals surface area contributed by atoms with Crippen LogP contribution in [-0.4, -0.2) is 42.0 Å². The van der Waals surface area contributed by atoms with Gasteiger partial charge in [0.15, 0.2) is 6.54 Å². The van der Waals surface area contributed by atoms with E-state index in [-0.39, 0.29) is 13.0 Å². The number of aliphatic carboxylic acids is 1. The lowest BCUT2D eigenvalue weighted by molar-refractivity contribution is -0.139. The summed E-state index contributed by atoms with van der Waals surface area (Å²) < 4.78 is 10.5. The minimum atomic E-state index is -1.15. The second-order valence-corrected chi connectivity index (χ2v) is 6.20. The Labute approximate surface area is 145 Å². The smallest absolute Gasteiger partial charge is 0.408 e. The fourth-order valence-electron chi connectivity index (χ4n) is 1.86. The number of alkyl carbamates (subject to hydrolysis) is 1. The van der Waals surface area contributed by atoms with Crippen LogP contribution in [0.3, 0.4) is 0 Å². The third-order valence-corrected chi connectivity index (χ3v) is 2.88. The number of rotatable bonds is 8. The highest BCUT2D eigenvalue weighted by molar-refractivity contribution is 5.80. The average molecular weight is 351 g/mol. The topological polar surface area (TPSA) is 135 Å². The van der Waals surface area contributed by atoms with Crippen LogP contribution in [0.5, 0.6) is 5.75 Å². The van der Waals surface area contributed by atoms with E-state index >= 15 is 0 Å². The van der Waals surface area contributed by atoms with Crippen LogP contribution in [0.4, 0.5) is 4.79 Å². The molecular weight excluding hydrogens is 328 g/mol. The van der Waals surface area contributed by atoms with Crippen molar-refractivity contribution in [3.05, 3.63) is 29.8 Å². The number of carboxylic acid groups (broad SMARTS) is 1. The number of carboxylic acids is 1. The Morgan fingerprint density at radius 1 is 1.32 bits per heavy atom. The Hall–Kier alpha value is -2.93. The van der Waals surface area contributed by atoms with Crippen LogP contribution in [0.15, 0.2) is 29.4 Å². The van der Waals surface area contributed by atoms with E-state index in [1.807, 2.05) is 0 Å². The molecule has 0 bridgehead atoms. The van der Waals surface area contributed by atoms with Crippen molar-refractivity contribution in [1.29, 1.82) is 5.53 Å². The number of nitrogens with zero attached hydrogens (tertiary/aromatic N) is 2. The van der Waals surface area contributed by atoms with Crippen molar-refractivity contribution in [2.45, 2.75) is 38.8 Å². The number of amides is 1. The van der Waals surface area contributed by atoms with Crippen molar-refractivity contribution in [2.24, 2.45) is 5.11 Å². The Morgan fingerprint density at radius 3 is 2.48 bits per heavy atom. The molecule has 3 N–H and O–H groups in total. The lowest BCUT2D eigenvalue weighted by Gasteiger charge is -2.22. The van der Waals surface area contributed by atoms with Gasteiger partial charge in [-0.15, -0.1) is 0 Å². The molecule has 1 atom stereocenters. The molecule has 0 heterocycles. The molecular formula is C16H23N4O5+. The molecule has 0 aliphatic heterocycles. The highest BCUT2D eigenvalue weighted by Gasteiger charge is 2.24. The van der Waals surface area contributed by atoms with Crippen LogP contribution in [0.2, 0.25) is 0 Å². The van der Waals surface area contributed by atoms with E-state index < -0.39 is 23.7 Å². The third kappa shape index (κ3) is 8.47. The van der Waals surface area contributed by atoms with Gasteiger partial charge >= 0.3 is 12.1 Å². The largest absolute Gasteiger partial charge is 0.491 e. The minimum absolute atomic E-state index is 0.113. The van der Waals surface area contributed by atoms with Crippen molar-refractivity contribution in [2.75, 3.05) is 13.2 Å². The monoisotopic (exact) mass is 351 g/mol. The van der Waals surface area contributed by atoms with Crippen molar-refractivity contribution >= 4 is 12.1 Å². The van der Waals surface area contributed by atoms with Gasteiger partial charge in [0.1, 0.15) is 34.6 Å². The fraction of sp³-hybridized carbons (Fsp3) is 0.500. The predicted molar refractivity (Wildman–Crippen MR) is 88.6 cm³/mol. The molecule has 0 saturated carbocycles. The van der Waals surface area contributed by atoms with E-state index in [4.69, 9.17) is 15.0 Å². The molecule has 1 rings (SSSR count). The van der Waals surface area contributed by atoms with E-state index in [0.29, 0.717) is 12.4 Å². The number of ether oxygens (including phenoxy) is 2. The first-order chi connectivity index (χ1) is 11.7. The first-order valence-corrected chi connectivity index (χ1v) is 7.68. The second kappa shape index (κ2) is 9.39. The lowest BCUT2D eigenvalue weighted by atomic mass is 10.1. The molecule has 9 heteroatoms. The normalized spacial score (nSPS) is 11.8. The second-order valence-electron chi connectivity index (χ2n) is 6.20. The van der Waals surface area contributed by atoms with Gasteiger partial charge < -0.3 is 19.9 Å². The number of carbonyl (C=O) groups is 2. The molecule has 136 valence electrons. The van der Waals surface area contributed by atoms with E-state index in [1.165, 1.54) is 0 Å². The van der Waals surface area contributed by atoms with Gasteiger partial charge in [0.05, 0.1) is 0 Å². The summed E-state index contributed by atoms with van der Waals surface area (Å²) in [7, 11) is 0. The molecule has 0 aromatic heterocycles. The van der Waals surface area contributed by atoms with Gasteiger partial charge in [-0.1, -0.05) is 12.1 Å². The summed E-state index contributed by atoms with van der Waals surface area (Å²) in [5.41, 5.74) is 6.55. The molecule has 0 saturated heterocycles. The maximum atomic E-state index is 11.7. The molecule has 1 amide bonds. The van der Waals surface area contributed by atoms with Crippen molar-refractivity contribution in [3.63, 3.8) is 0 Å². The van der Waals surface area contributed by atoms with Crippen molar-refractivity contribution in [3.8, 4) is 5.75 Å². The summed E-state index contributed by atoms with van der Waals surface area (Å²) in [4.78, 5) is 26.0. The fourth-order valence-corrected chi connectivity index (χ4v) is 1.86. The summed E-state index contributed by atoms with van der Waals surface area (Å²) in [6, 6.07) is 5.72. The number of hydrogen-bond donors (Lipinski definition) is 3. The molecule has 0 radical (unpaired) electrons. The maximum Gasteiger partial charge on any atom is 0.408 e. The Kier molecular flexibility index (Phi) is 7.55. The Balaban J connectivity index is 2.61. The summed E-state index contributed by atoms with van der Waals surface area (Å²) in [6.07, 6.45) is -0.662. The molecule has 0 aliphatic carbocycles.